The first-order valence-electron chi connectivity index (χ1n) is 8.44. The molecule has 2 aromatic rings. The third-order valence-electron chi connectivity index (χ3n) is 5.06. The predicted octanol–water partition coefficient (Wildman–Crippen LogP) is 1.29. The summed E-state index contributed by atoms with van der Waals surface area (Å²) in [4.78, 5) is 21.9. The van der Waals surface area contributed by atoms with Gasteiger partial charge in [0.1, 0.15) is 5.82 Å². The summed E-state index contributed by atoms with van der Waals surface area (Å²) >= 11 is 0. The second kappa shape index (κ2) is 6.39. The van der Waals surface area contributed by atoms with Crippen LogP contribution in [0.25, 0.3) is 0 Å². The van der Waals surface area contributed by atoms with Crippen molar-refractivity contribution in [1.82, 2.24) is 29.1 Å². The van der Waals surface area contributed by atoms with Crippen LogP contribution >= 0.6 is 0 Å². The average molecular weight is 330 g/mol. The standard InChI is InChI=1S/C17H26N6O/c1-6-22-9-10-23(11-14(22)16-18-7-8-20(16)4)17(24)15-12(2)19-21(5)13(15)3/h7-8,14H,6,9-11H2,1-5H3. The fourth-order valence-corrected chi connectivity index (χ4v) is 3.57. The quantitative estimate of drug-likeness (QED) is 0.851. The van der Waals surface area contributed by atoms with Crippen LogP contribution in [0, 0.1) is 13.8 Å². The lowest BCUT2D eigenvalue weighted by molar-refractivity contribution is 0.0471. The molecule has 1 amide bonds. The lowest BCUT2D eigenvalue weighted by atomic mass is 10.1. The summed E-state index contributed by atoms with van der Waals surface area (Å²) in [5.74, 6) is 1.09. The van der Waals surface area contributed by atoms with Crippen molar-refractivity contribution in [2.24, 2.45) is 14.1 Å². The molecule has 0 bridgehead atoms. The van der Waals surface area contributed by atoms with E-state index in [1.165, 1.54) is 0 Å². The molecule has 3 heterocycles. The zero-order valence-corrected chi connectivity index (χ0v) is 15.2. The molecular formula is C17H26N6O. The van der Waals surface area contributed by atoms with Crippen molar-refractivity contribution in [1.29, 1.82) is 0 Å². The first kappa shape index (κ1) is 16.7. The van der Waals surface area contributed by atoms with Crippen molar-refractivity contribution in [2.75, 3.05) is 26.2 Å². The minimum atomic E-state index is 0.0769. The number of hydrogen-bond donors (Lipinski definition) is 0. The van der Waals surface area contributed by atoms with E-state index in [-0.39, 0.29) is 11.9 Å². The molecule has 0 spiro atoms. The maximum absolute atomic E-state index is 13.1. The summed E-state index contributed by atoms with van der Waals surface area (Å²) in [5, 5.41) is 4.38. The summed E-state index contributed by atoms with van der Waals surface area (Å²) < 4.78 is 3.82. The molecule has 7 nitrogen and oxygen atoms in total. The van der Waals surface area contributed by atoms with Gasteiger partial charge in [-0.25, -0.2) is 4.98 Å². The van der Waals surface area contributed by atoms with E-state index in [4.69, 9.17) is 0 Å². The highest BCUT2D eigenvalue weighted by molar-refractivity contribution is 5.96. The van der Waals surface area contributed by atoms with Crippen molar-refractivity contribution in [2.45, 2.75) is 26.8 Å². The predicted molar refractivity (Wildman–Crippen MR) is 91.8 cm³/mol. The smallest absolute Gasteiger partial charge is 0.257 e. The molecule has 7 heteroatoms. The van der Waals surface area contributed by atoms with Crippen LogP contribution in [0.5, 0.6) is 0 Å². The van der Waals surface area contributed by atoms with Crippen molar-refractivity contribution in [3.63, 3.8) is 0 Å². The number of carbonyl (C=O) groups is 1. The van der Waals surface area contributed by atoms with Crippen LogP contribution in [0.1, 0.15) is 40.5 Å². The average Bonchev–Trinajstić information content (AvgIpc) is 3.09. The Balaban J connectivity index is 1.88. The molecule has 1 aliphatic rings. The fourth-order valence-electron chi connectivity index (χ4n) is 3.57. The molecule has 1 atom stereocenters. The third-order valence-corrected chi connectivity index (χ3v) is 5.06. The number of rotatable bonds is 3. The lowest BCUT2D eigenvalue weighted by Crippen LogP contribution is -2.51. The molecule has 0 radical (unpaired) electrons. The Bertz CT molecular complexity index is 746. The molecular weight excluding hydrogens is 304 g/mol. The number of nitrogens with zero attached hydrogens (tertiary/aromatic N) is 6. The Labute approximate surface area is 142 Å². The second-order valence-electron chi connectivity index (χ2n) is 6.46. The highest BCUT2D eigenvalue weighted by Gasteiger charge is 2.33. The Morgan fingerprint density at radius 3 is 2.58 bits per heavy atom. The number of aryl methyl sites for hydroxylation is 3. The van der Waals surface area contributed by atoms with Gasteiger partial charge in [0.25, 0.3) is 5.91 Å². The number of hydrogen-bond acceptors (Lipinski definition) is 4. The Kier molecular flexibility index (Phi) is 4.45. The van der Waals surface area contributed by atoms with E-state index < -0.39 is 0 Å². The summed E-state index contributed by atoms with van der Waals surface area (Å²) in [5.41, 5.74) is 2.46. The molecule has 24 heavy (non-hydrogen) atoms. The van der Waals surface area contributed by atoms with Crippen LogP contribution in [-0.2, 0) is 14.1 Å². The van der Waals surface area contributed by atoms with Crippen LogP contribution in [0.4, 0.5) is 0 Å². The van der Waals surface area contributed by atoms with E-state index in [0.717, 1.165) is 42.4 Å². The number of carbonyl (C=O) groups excluding carboxylic acids is 1. The third kappa shape index (κ3) is 2.73. The fraction of sp³-hybridized carbons (Fsp3) is 0.588. The summed E-state index contributed by atoms with van der Waals surface area (Å²) in [6.07, 6.45) is 3.78. The largest absolute Gasteiger partial charge is 0.337 e. The first-order chi connectivity index (χ1) is 11.4. The van der Waals surface area contributed by atoms with E-state index in [0.29, 0.717) is 6.54 Å². The zero-order valence-electron chi connectivity index (χ0n) is 15.2. The Morgan fingerprint density at radius 1 is 1.29 bits per heavy atom. The van der Waals surface area contributed by atoms with Gasteiger partial charge in [-0.15, -0.1) is 0 Å². The topological polar surface area (TPSA) is 59.2 Å². The molecule has 1 unspecified atom stereocenters. The molecule has 1 aliphatic heterocycles. The Hall–Kier alpha value is -2.15. The molecule has 2 aromatic heterocycles. The van der Waals surface area contributed by atoms with Crippen LogP contribution < -0.4 is 0 Å². The van der Waals surface area contributed by atoms with Crippen LogP contribution in [-0.4, -0.2) is 61.2 Å². The highest BCUT2D eigenvalue weighted by Crippen LogP contribution is 2.25. The number of piperazine rings is 1. The van der Waals surface area contributed by atoms with E-state index in [1.807, 2.05) is 49.8 Å². The summed E-state index contributed by atoms with van der Waals surface area (Å²) in [6, 6.07) is 0.130. The maximum Gasteiger partial charge on any atom is 0.257 e. The van der Waals surface area contributed by atoms with Crippen LogP contribution in [0.3, 0.4) is 0 Å². The highest BCUT2D eigenvalue weighted by atomic mass is 16.2. The normalized spacial score (nSPS) is 19.0. The van der Waals surface area contributed by atoms with E-state index in [9.17, 15) is 4.79 Å². The van der Waals surface area contributed by atoms with Gasteiger partial charge in [-0.1, -0.05) is 6.92 Å². The van der Waals surface area contributed by atoms with Crippen LogP contribution in [0.15, 0.2) is 12.4 Å². The molecule has 1 saturated heterocycles. The SMILES string of the molecule is CCN1CCN(C(=O)c2c(C)nn(C)c2C)CC1c1nccn1C. The van der Waals surface area contributed by atoms with Crippen LogP contribution in [0.2, 0.25) is 0 Å². The van der Waals surface area contributed by atoms with Gasteiger partial charge in [0, 0.05) is 51.8 Å². The lowest BCUT2D eigenvalue weighted by Gasteiger charge is -2.40. The van der Waals surface area contributed by atoms with Gasteiger partial charge in [0.05, 0.1) is 17.3 Å². The first-order valence-corrected chi connectivity index (χ1v) is 8.44. The Morgan fingerprint density at radius 2 is 2.04 bits per heavy atom. The molecule has 0 aromatic carbocycles. The van der Waals surface area contributed by atoms with Gasteiger partial charge in [0.2, 0.25) is 0 Å². The number of aromatic nitrogens is 4. The summed E-state index contributed by atoms with van der Waals surface area (Å²) in [6.45, 7) is 9.21. The van der Waals surface area contributed by atoms with E-state index in [2.05, 4.69) is 21.9 Å². The van der Waals surface area contributed by atoms with Gasteiger partial charge in [-0.05, 0) is 20.4 Å². The summed E-state index contributed by atoms with van der Waals surface area (Å²) in [7, 11) is 3.89. The zero-order chi connectivity index (χ0) is 17.4. The van der Waals surface area contributed by atoms with Gasteiger partial charge >= 0.3 is 0 Å². The molecule has 0 saturated carbocycles. The second-order valence-corrected chi connectivity index (χ2v) is 6.46. The molecule has 3 rings (SSSR count). The van der Waals surface area contributed by atoms with Crippen molar-refractivity contribution in [3.8, 4) is 0 Å². The van der Waals surface area contributed by atoms with Gasteiger partial charge in [-0.2, -0.15) is 5.10 Å². The monoisotopic (exact) mass is 330 g/mol. The molecule has 130 valence electrons. The maximum atomic E-state index is 13.1. The van der Waals surface area contributed by atoms with Gasteiger partial charge in [-0.3, -0.25) is 14.4 Å². The molecule has 1 fully saturated rings. The number of likely N-dealkylation sites (N-methyl/N-ethyl adjacent to an activating group) is 1. The molecule has 0 aliphatic carbocycles. The molecule has 0 N–H and O–H groups in total. The van der Waals surface area contributed by atoms with Gasteiger partial charge in [0.15, 0.2) is 0 Å². The van der Waals surface area contributed by atoms with Crippen molar-refractivity contribution >= 4 is 5.91 Å². The number of imidazole rings is 1. The van der Waals surface area contributed by atoms with Crippen molar-refractivity contribution < 1.29 is 4.79 Å². The van der Waals surface area contributed by atoms with Crippen molar-refractivity contribution in [3.05, 3.63) is 35.2 Å². The minimum absolute atomic E-state index is 0.0769. The van der Waals surface area contributed by atoms with E-state index in [1.54, 1.807) is 4.68 Å². The number of amides is 1. The van der Waals surface area contributed by atoms with Gasteiger partial charge < -0.3 is 9.47 Å². The van der Waals surface area contributed by atoms with E-state index >= 15 is 0 Å². The minimum Gasteiger partial charge on any atom is -0.337 e.